The number of imide groups is 1. The number of rotatable bonds is 17. The molecule has 548 valence electrons. The fraction of sp³-hybridized carbons (Fsp3) is 0.426. The quantitative estimate of drug-likeness (QED) is 0.0457. The number of hydrogen-bond acceptors (Lipinski definition) is 24. The van der Waals surface area contributed by atoms with E-state index in [9.17, 15) is 65.1 Å². The van der Waals surface area contributed by atoms with Crippen molar-refractivity contribution >= 4 is 64.9 Å². The van der Waals surface area contributed by atoms with E-state index in [0.717, 1.165) is 81.0 Å². The standard InChI is InChI=1S/C68H81ClN10O23/c1-7-8-9-10-17-71-68(97)73-47(84)26-39-61(91)74-50-33-22-44(99-42-15-12-31(19-29(42)4)54(85)52(64(94)72-39)77-60(90)38(70-5)18-28(2)3)59(102-67-58(89)57(88)56(87)46(27-80)101-67)45(23-33)100-43-16-13-32(21-37(43)69)55(86)53-65(95)76-51(66(96)79-98-6)36-24-34(81)25-41(83)48(36)35-20-30(11-14-40(35)82)49(62(92)78-53)75-63(50)93/h11-16,19-25,28,38-39,46,49-58,67,70,80-83,85-89H,7-10,17-18,26-27H2,1-6H3,(H,72,94)(H,74,91)(H,75,93)(H,76,95)(H,77,90)(H,78,92)(H,79,96)(H2,71,73,84,97)/t38-,39+,46-,49-,50-,51+,52-,53+,54-,55-,56-,57+,58-,67+/m1/s1. The molecule has 0 radical (unpaired) electrons. The SMILES string of the molecule is CCCCCCNC(=O)NC(=O)C[C@@H]1NC(=O)[C@H](NC(=O)[C@@H](CC(C)C)NC)[C@H](O)c2ccc(c(C)c2)Oc2cc3cc(c2O[C@@H]2O[C@H](CO)[C@@H](O)[C@H](O)[C@H]2O)Oc2ccc(cc2Cl)[C@@H](O)[C@@H]2NC(=O)[C@H](NC(=O)[C@@H]3NC1=O)c1ccc(O)c(c1)-c1c(O)cc(O)cc1[C@@H](C(=O)NOC)NC2=O. The normalized spacial score (nSPS) is 24.6. The number of ether oxygens (including phenoxy) is 4. The number of aryl methyl sites for hydroxylation is 1. The van der Waals surface area contributed by atoms with Crippen LogP contribution < -0.4 is 67.5 Å². The number of amides is 10. The van der Waals surface area contributed by atoms with E-state index in [0.29, 0.717) is 6.42 Å². The van der Waals surface area contributed by atoms with Crippen LogP contribution in [0.25, 0.3) is 11.1 Å². The lowest BCUT2D eigenvalue weighted by atomic mass is 9.89. The van der Waals surface area contributed by atoms with Crippen molar-refractivity contribution in [3.63, 3.8) is 0 Å². The van der Waals surface area contributed by atoms with E-state index in [-0.39, 0.29) is 52.6 Å². The van der Waals surface area contributed by atoms with E-state index in [1.165, 1.54) is 38.2 Å². The second-order valence-corrected chi connectivity index (χ2v) is 25.7. The number of carbonyl (C=O) groups excluding carboxylic acids is 9. The molecule has 10 amide bonds. The predicted molar refractivity (Wildman–Crippen MR) is 357 cm³/mol. The number of aliphatic hydroxyl groups is 6. The number of benzene rings is 5. The Hall–Kier alpha value is -9.94. The van der Waals surface area contributed by atoms with Gasteiger partial charge in [-0.25, -0.2) is 10.3 Å². The molecule has 0 unspecified atom stereocenters. The van der Waals surface area contributed by atoms with Crippen LogP contribution in [0.4, 0.5) is 4.79 Å². The monoisotopic (exact) mass is 1440 g/mol. The Kier molecular flexibility index (Phi) is 24.8. The molecular weight excluding hydrogens is 1360 g/mol. The fourth-order valence-corrected chi connectivity index (χ4v) is 12.3. The number of halogens is 1. The molecule has 34 heteroatoms. The van der Waals surface area contributed by atoms with Crippen molar-refractivity contribution in [1.82, 2.24) is 53.3 Å². The van der Waals surface area contributed by atoms with Gasteiger partial charge in [-0.1, -0.05) is 69.8 Å². The summed E-state index contributed by atoms with van der Waals surface area (Å²) in [5.41, 5.74) is -0.125. The Bertz CT molecular complexity index is 4010. The molecule has 0 aromatic heterocycles. The molecule has 11 bridgehead atoms. The van der Waals surface area contributed by atoms with Gasteiger partial charge < -0.3 is 107 Å². The zero-order valence-electron chi connectivity index (χ0n) is 55.9. The molecule has 6 aliphatic heterocycles. The van der Waals surface area contributed by atoms with Crippen LogP contribution in [0.3, 0.4) is 0 Å². The second-order valence-electron chi connectivity index (χ2n) is 25.2. The van der Waals surface area contributed by atoms with E-state index >= 15 is 24.0 Å². The van der Waals surface area contributed by atoms with Crippen LogP contribution in [0.1, 0.15) is 123 Å². The summed E-state index contributed by atoms with van der Waals surface area (Å²) in [6.45, 7) is 6.31. The molecule has 102 heavy (non-hydrogen) atoms. The highest BCUT2D eigenvalue weighted by Gasteiger charge is 2.47. The number of fused-ring (bicyclic) bond motifs is 15. The van der Waals surface area contributed by atoms with Gasteiger partial charge in [-0.05, 0) is 121 Å². The number of nitrogens with one attached hydrogen (secondary N) is 10. The highest BCUT2D eigenvalue weighted by molar-refractivity contribution is 6.32. The third kappa shape index (κ3) is 17.3. The smallest absolute Gasteiger partial charge is 0.321 e. The third-order valence-corrected chi connectivity index (χ3v) is 17.7. The Morgan fingerprint density at radius 2 is 1.33 bits per heavy atom. The van der Waals surface area contributed by atoms with E-state index in [2.05, 4.69) is 53.3 Å². The van der Waals surface area contributed by atoms with Crippen LogP contribution >= 0.6 is 11.6 Å². The number of hydroxylamine groups is 1. The van der Waals surface area contributed by atoms with E-state index in [1.54, 1.807) is 0 Å². The third-order valence-electron chi connectivity index (χ3n) is 17.4. The molecule has 0 saturated carbocycles. The first-order valence-corrected chi connectivity index (χ1v) is 33.0. The van der Waals surface area contributed by atoms with Gasteiger partial charge in [-0.3, -0.25) is 48.5 Å². The maximum atomic E-state index is 16.1. The maximum Gasteiger partial charge on any atom is 0.321 e. The summed E-state index contributed by atoms with van der Waals surface area (Å²) in [7, 11) is 2.53. The fourth-order valence-electron chi connectivity index (χ4n) is 12.0. The Labute approximate surface area is 587 Å². The summed E-state index contributed by atoms with van der Waals surface area (Å²) in [6, 6.07) is -0.593. The first-order valence-electron chi connectivity index (χ1n) is 32.6. The van der Waals surface area contributed by atoms with Crippen LogP contribution in [0.2, 0.25) is 5.02 Å². The van der Waals surface area contributed by atoms with Crippen molar-refractivity contribution in [2.45, 2.75) is 151 Å². The second kappa shape index (κ2) is 33.2. The molecule has 6 aliphatic rings. The largest absolute Gasteiger partial charge is 0.508 e. The van der Waals surface area contributed by atoms with Gasteiger partial charge in [0, 0.05) is 23.7 Å². The molecule has 19 N–H and O–H groups in total. The lowest BCUT2D eigenvalue weighted by Gasteiger charge is -2.39. The average Bonchev–Trinajstić information content (AvgIpc) is 0.775. The van der Waals surface area contributed by atoms with Gasteiger partial charge in [0.25, 0.3) is 5.91 Å². The summed E-state index contributed by atoms with van der Waals surface area (Å²) >= 11 is 7.03. The van der Waals surface area contributed by atoms with Crippen LogP contribution in [0.5, 0.6) is 46.0 Å². The summed E-state index contributed by atoms with van der Waals surface area (Å²) in [4.78, 5) is 138. The van der Waals surface area contributed by atoms with Gasteiger partial charge in [0.15, 0.2) is 11.5 Å². The maximum absolute atomic E-state index is 16.1. The van der Waals surface area contributed by atoms with Crippen molar-refractivity contribution in [3.05, 3.63) is 117 Å². The summed E-state index contributed by atoms with van der Waals surface area (Å²) in [5, 5.41) is 125. The minimum atomic E-state index is -2.34. The van der Waals surface area contributed by atoms with Crippen molar-refractivity contribution < 1.29 is 113 Å². The zero-order valence-corrected chi connectivity index (χ0v) is 56.7. The van der Waals surface area contributed by atoms with E-state index < -0.39 is 213 Å². The van der Waals surface area contributed by atoms with Gasteiger partial charge in [-0.2, -0.15) is 0 Å². The molecule has 1 fully saturated rings. The number of hydrogen-bond donors (Lipinski definition) is 19. The van der Waals surface area contributed by atoms with Gasteiger partial charge in [0.2, 0.25) is 53.4 Å². The van der Waals surface area contributed by atoms with E-state index in [1.807, 2.05) is 20.8 Å². The van der Waals surface area contributed by atoms with Gasteiger partial charge in [0.05, 0.1) is 31.2 Å². The van der Waals surface area contributed by atoms with Crippen LogP contribution in [0.15, 0.2) is 78.9 Å². The van der Waals surface area contributed by atoms with Crippen molar-refractivity contribution in [1.29, 1.82) is 0 Å². The topological polar surface area (TPSA) is 502 Å². The predicted octanol–water partition coefficient (Wildman–Crippen LogP) is 1.04. The molecule has 5 aromatic rings. The minimum absolute atomic E-state index is 0.0438. The number of aliphatic hydroxyl groups excluding tert-OH is 6. The van der Waals surface area contributed by atoms with Crippen LogP contribution in [-0.4, -0.2) is 181 Å². The number of unbranched alkanes of at least 4 members (excludes halogenated alkanes) is 3. The number of urea groups is 1. The van der Waals surface area contributed by atoms with Crippen molar-refractivity contribution in [3.8, 4) is 57.1 Å². The van der Waals surface area contributed by atoms with Gasteiger partial charge in [-0.15, -0.1) is 0 Å². The van der Waals surface area contributed by atoms with Gasteiger partial charge in [0.1, 0.15) is 102 Å². The molecule has 33 nitrogen and oxygen atoms in total. The van der Waals surface area contributed by atoms with Crippen LogP contribution in [0, 0.1) is 12.8 Å². The zero-order chi connectivity index (χ0) is 74.1. The molecule has 6 heterocycles. The van der Waals surface area contributed by atoms with E-state index in [4.69, 9.17) is 35.4 Å². The minimum Gasteiger partial charge on any atom is -0.508 e. The number of aromatic hydroxyl groups is 3. The number of phenols is 3. The number of phenolic OH excluding ortho intramolecular Hbond substituents is 3. The lowest BCUT2D eigenvalue weighted by molar-refractivity contribution is -0.277. The van der Waals surface area contributed by atoms with Crippen LogP contribution in [-0.2, 0) is 47.9 Å². The van der Waals surface area contributed by atoms with Crippen molar-refractivity contribution in [2.75, 3.05) is 27.3 Å². The summed E-state index contributed by atoms with van der Waals surface area (Å²) < 4.78 is 25.3. The first-order chi connectivity index (χ1) is 48.5. The Morgan fingerprint density at radius 3 is 1.99 bits per heavy atom. The highest BCUT2D eigenvalue weighted by atomic mass is 35.5. The molecular formula is C68H81ClN10O23. The molecule has 0 spiro atoms. The molecule has 5 aromatic carbocycles. The number of likely N-dealkylation sites (N-methyl/N-ethyl adjacent to an activating group) is 1. The van der Waals surface area contributed by atoms with Crippen molar-refractivity contribution in [2.24, 2.45) is 5.92 Å². The first kappa shape index (κ1) is 76.2. The van der Waals surface area contributed by atoms with Gasteiger partial charge >= 0.3 is 6.03 Å². The Balaban J connectivity index is 1.31. The lowest BCUT2D eigenvalue weighted by Crippen LogP contribution is -2.60. The molecule has 1 saturated heterocycles. The average molecular weight is 1440 g/mol. The summed E-state index contributed by atoms with van der Waals surface area (Å²) in [6.07, 6.45) is -11.9. The molecule has 14 atom stereocenters. The highest BCUT2D eigenvalue weighted by Crippen LogP contribution is 2.49. The molecule has 0 aliphatic carbocycles. The molecule has 11 rings (SSSR count). The Morgan fingerprint density at radius 1 is 0.676 bits per heavy atom. The summed E-state index contributed by atoms with van der Waals surface area (Å²) in [5.74, 6) is -14.6. The number of carbonyl (C=O) groups is 9.